The predicted molar refractivity (Wildman–Crippen MR) is 159 cm³/mol. The third-order valence-electron chi connectivity index (χ3n) is 9.86. The molecule has 0 saturated heterocycles. The molecule has 3 aliphatic rings. The van der Waals surface area contributed by atoms with E-state index < -0.39 is 0 Å². The van der Waals surface area contributed by atoms with Gasteiger partial charge in [0, 0.05) is 29.5 Å². The first-order chi connectivity index (χ1) is 18.7. The van der Waals surface area contributed by atoms with Crippen LogP contribution in [0.4, 0.5) is 0 Å². The molecule has 0 amide bonds. The van der Waals surface area contributed by atoms with Gasteiger partial charge in [0.2, 0.25) is 0 Å². The summed E-state index contributed by atoms with van der Waals surface area (Å²) in [5, 5.41) is 3.70. The van der Waals surface area contributed by atoms with Crippen molar-refractivity contribution in [2.24, 2.45) is 28.1 Å². The lowest BCUT2D eigenvalue weighted by Crippen LogP contribution is -2.52. The maximum absolute atomic E-state index is 8.58. The van der Waals surface area contributed by atoms with Crippen molar-refractivity contribution < 1.29 is 9.47 Å². The number of hydrogen-bond donors (Lipinski definition) is 1. The smallest absolute Gasteiger partial charge is 0.126 e. The fourth-order valence-corrected chi connectivity index (χ4v) is 7.38. The molecule has 4 atom stereocenters. The minimum Gasteiger partial charge on any atom is -0.496 e. The van der Waals surface area contributed by atoms with Crippen LogP contribution in [0.15, 0.2) is 59.2 Å². The minimum atomic E-state index is -0.170. The highest BCUT2D eigenvalue weighted by Gasteiger charge is 2.56. The Hall–Kier alpha value is -2.95. The lowest BCUT2D eigenvalue weighted by Gasteiger charge is -2.59. The first-order valence-corrected chi connectivity index (χ1v) is 14.4. The second-order valence-corrected chi connectivity index (χ2v) is 12.5. The van der Waals surface area contributed by atoms with Crippen LogP contribution >= 0.6 is 0 Å². The van der Waals surface area contributed by atoms with Crippen LogP contribution in [-0.2, 0) is 5.41 Å². The molecule has 0 aliphatic heterocycles. The topological polar surface area (TPSA) is 93.2 Å². The molecule has 2 aromatic rings. The van der Waals surface area contributed by atoms with Gasteiger partial charge in [0.25, 0.3) is 0 Å². The van der Waals surface area contributed by atoms with Gasteiger partial charge in [-0.2, -0.15) is 0 Å². The second-order valence-electron chi connectivity index (χ2n) is 12.5. The number of nitrogens with zero attached hydrogens (tertiary/aromatic N) is 3. The van der Waals surface area contributed by atoms with E-state index in [2.05, 4.69) is 86.3 Å². The highest BCUT2D eigenvalue weighted by molar-refractivity contribution is 5.56. The van der Waals surface area contributed by atoms with Gasteiger partial charge in [-0.3, -0.25) is 0 Å². The lowest BCUT2D eigenvalue weighted by molar-refractivity contribution is -0.0206. The molecule has 0 spiro atoms. The highest BCUT2D eigenvalue weighted by atomic mass is 16.5. The first-order valence-electron chi connectivity index (χ1n) is 14.4. The SMILES string of the molecule is COc1cc(C(C)(C)C(CCCCCN=[N+]=[N-])c2ccccc2)cc(OC)c1[C@H]1C=C(CN)[C@H]2C[C@@H]1C2(C)C. The van der Waals surface area contributed by atoms with Crippen molar-refractivity contribution in [2.45, 2.75) is 77.0 Å². The fraction of sp³-hybridized carbons (Fsp3) is 0.576. The van der Waals surface area contributed by atoms with E-state index in [-0.39, 0.29) is 16.7 Å². The van der Waals surface area contributed by atoms with E-state index in [1.54, 1.807) is 14.2 Å². The Labute approximate surface area is 234 Å². The summed E-state index contributed by atoms with van der Waals surface area (Å²) in [6.07, 6.45) is 7.65. The van der Waals surface area contributed by atoms with E-state index in [4.69, 9.17) is 20.7 Å². The van der Waals surface area contributed by atoms with Crippen molar-refractivity contribution >= 4 is 0 Å². The van der Waals surface area contributed by atoms with Gasteiger partial charge in [-0.15, -0.1) is 0 Å². The average Bonchev–Trinajstić information content (AvgIpc) is 2.95. The average molecular weight is 531 g/mol. The van der Waals surface area contributed by atoms with Crippen molar-refractivity contribution in [3.05, 3.63) is 81.2 Å². The van der Waals surface area contributed by atoms with E-state index in [1.807, 2.05) is 0 Å². The van der Waals surface area contributed by atoms with Crippen molar-refractivity contribution in [3.63, 3.8) is 0 Å². The summed E-state index contributed by atoms with van der Waals surface area (Å²) in [7, 11) is 3.55. The van der Waals surface area contributed by atoms with E-state index in [0.29, 0.717) is 30.8 Å². The van der Waals surface area contributed by atoms with Gasteiger partial charge >= 0.3 is 0 Å². The number of fused-ring (bicyclic) bond motifs is 1. The third-order valence-corrected chi connectivity index (χ3v) is 9.86. The first kappa shape index (κ1) is 29.0. The van der Waals surface area contributed by atoms with Gasteiger partial charge < -0.3 is 15.2 Å². The maximum Gasteiger partial charge on any atom is 0.126 e. The predicted octanol–water partition coefficient (Wildman–Crippen LogP) is 8.28. The van der Waals surface area contributed by atoms with Crippen LogP contribution in [0, 0.1) is 17.3 Å². The summed E-state index contributed by atoms with van der Waals surface area (Å²) in [4.78, 5) is 2.88. The molecule has 2 N–H and O–H groups in total. The van der Waals surface area contributed by atoms with E-state index in [1.165, 1.54) is 23.1 Å². The molecule has 5 rings (SSSR count). The minimum absolute atomic E-state index is 0.170. The Kier molecular flexibility index (Phi) is 8.98. The number of rotatable bonds is 13. The second kappa shape index (κ2) is 12.1. The molecule has 6 heteroatoms. The molecule has 1 saturated carbocycles. The van der Waals surface area contributed by atoms with E-state index in [9.17, 15) is 0 Å². The molecule has 6 nitrogen and oxygen atoms in total. The van der Waals surface area contributed by atoms with Crippen LogP contribution in [0.25, 0.3) is 10.4 Å². The number of azide groups is 1. The standard InChI is InChI=1S/C33H46N4O2/c1-32(2,26(22-13-9-7-10-14-22)15-11-8-12-16-36-37-35)24-18-29(38-5)31(30(19-24)39-6)25-17-23(21-34)27-20-28(25)33(27,3)4/h7,9-10,13-14,17-19,25-28H,8,11-12,15-16,20-21,34H2,1-6H3/t25-,26?,27+,28-/m0/s1. The number of nitrogens with two attached hydrogens (primary N) is 1. The van der Waals surface area contributed by atoms with Gasteiger partial charge in [0.05, 0.1) is 14.2 Å². The number of benzene rings is 2. The third kappa shape index (κ3) is 5.55. The Morgan fingerprint density at radius 3 is 2.31 bits per heavy atom. The van der Waals surface area contributed by atoms with Crippen LogP contribution in [-0.4, -0.2) is 27.3 Å². The van der Waals surface area contributed by atoms with Crippen molar-refractivity contribution in [2.75, 3.05) is 27.3 Å². The highest BCUT2D eigenvalue weighted by Crippen LogP contribution is 2.65. The molecule has 0 radical (unpaired) electrons. The van der Waals surface area contributed by atoms with Crippen molar-refractivity contribution in [1.82, 2.24) is 0 Å². The summed E-state index contributed by atoms with van der Waals surface area (Å²) in [5.74, 6) is 3.46. The Morgan fingerprint density at radius 2 is 1.74 bits per heavy atom. The van der Waals surface area contributed by atoms with Crippen LogP contribution in [0.3, 0.4) is 0 Å². The number of hydrogen-bond acceptors (Lipinski definition) is 4. The van der Waals surface area contributed by atoms with Crippen molar-refractivity contribution in [3.8, 4) is 11.5 Å². The molecule has 210 valence electrons. The molecular formula is C33H46N4O2. The number of ether oxygens (including phenoxy) is 2. The van der Waals surface area contributed by atoms with Crippen LogP contribution < -0.4 is 15.2 Å². The summed E-state index contributed by atoms with van der Waals surface area (Å²) in [6.45, 7) is 10.6. The molecule has 3 aliphatic carbocycles. The Bertz CT molecular complexity index is 1190. The number of allylic oxidation sites excluding steroid dienone is 1. The zero-order valence-corrected chi connectivity index (χ0v) is 24.6. The summed E-state index contributed by atoms with van der Waals surface area (Å²) >= 11 is 0. The van der Waals surface area contributed by atoms with Gasteiger partial charge in [-0.25, -0.2) is 0 Å². The van der Waals surface area contributed by atoms with Gasteiger partial charge in [-0.1, -0.05) is 87.6 Å². The molecule has 0 heterocycles. The molecular weight excluding hydrogens is 484 g/mol. The van der Waals surface area contributed by atoms with Crippen LogP contribution in [0.5, 0.6) is 11.5 Å². The van der Waals surface area contributed by atoms with Gasteiger partial charge in [0.1, 0.15) is 11.5 Å². The Balaban J connectivity index is 1.71. The number of methoxy groups -OCH3 is 2. The molecule has 39 heavy (non-hydrogen) atoms. The summed E-state index contributed by atoms with van der Waals surface area (Å²) in [6, 6.07) is 15.3. The largest absolute Gasteiger partial charge is 0.496 e. The van der Waals surface area contributed by atoms with Gasteiger partial charge in [-0.05, 0) is 76.6 Å². The van der Waals surface area contributed by atoms with E-state index >= 15 is 0 Å². The maximum atomic E-state index is 8.58. The summed E-state index contributed by atoms with van der Waals surface area (Å²) in [5.41, 5.74) is 19.9. The fourth-order valence-electron chi connectivity index (χ4n) is 7.38. The zero-order valence-electron chi connectivity index (χ0n) is 24.6. The lowest BCUT2D eigenvalue weighted by atomic mass is 9.45. The molecule has 2 aromatic carbocycles. The zero-order chi connectivity index (χ0) is 28.2. The summed E-state index contributed by atoms with van der Waals surface area (Å²) < 4.78 is 12.2. The molecule has 0 aromatic heterocycles. The molecule has 1 unspecified atom stereocenters. The molecule has 1 fully saturated rings. The monoisotopic (exact) mass is 530 g/mol. The van der Waals surface area contributed by atoms with Crippen molar-refractivity contribution in [1.29, 1.82) is 0 Å². The number of unbranched alkanes of at least 4 members (excludes halogenated alkanes) is 2. The van der Waals surface area contributed by atoms with Crippen LogP contribution in [0.2, 0.25) is 0 Å². The Morgan fingerprint density at radius 1 is 1.08 bits per heavy atom. The normalized spacial score (nSPS) is 22.2. The quantitative estimate of drug-likeness (QED) is 0.0928. The van der Waals surface area contributed by atoms with E-state index in [0.717, 1.165) is 42.7 Å². The van der Waals surface area contributed by atoms with Gasteiger partial charge in [0.15, 0.2) is 0 Å². The molecule has 2 bridgehead atoms. The van der Waals surface area contributed by atoms with Crippen LogP contribution in [0.1, 0.15) is 88.3 Å².